The van der Waals surface area contributed by atoms with E-state index in [0.717, 1.165) is 23.8 Å². The van der Waals surface area contributed by atoms with E-state index in [0.29, 0.717) is 17.7 Å². The molecule has 0 aromatic heterocycles. The zero-order valence-corrected chi connectivity index (χ0v) is 16.1. The predicted molar refractivity (Wildman–Crippen MR) is 108 cm³/mol. The molecule has 140 valence electrons. The largest absolute Gasteiger partial charge is 0.491 e. The number of benzene rings is 3. The maximum atomic E-state index is 14.4. The van der Waals surface area contributed by atoms with Gasteiger partial charge in [0.25, 0.3) is 0 Å². The summed E-state index contributed by atoms with van der Waals surface area (Å²) in [5.41, 5.74) is 3.02. The Labute approximate surface area is 160 Å². The maximum absolute atomic E-state index is 14.4. The topological polar surface area (TPSA) is 26.3 Å². The van der Waals surface area contributed by atoms with Crippen LogP contribution in [0.3, 0.4) is 0 Å². The highest BCUT2D eigenvalue weighted by Crippen LogP contribution is 2.25. The SMILES string of the molecule is CCCc1ccc2cc(CC(=O)c3ccc(OCC)c(F)c3C)ccc2c1. The second-order valence-electron chi connectivity index (χ2n) is 6.85. The molecule has 0 amide bonds. The number of rotatable bonds is 7. The van der Waals surface area contributed by atoms with E-state index in [1.807, 2.05) is 12.1 Å². The van der Waals surface area contributed by atoms with Gasteiger partial charge in [0.15, 0.2) is 17.3 Å². The predicted octanol–water partition coefficient (Wildman–Crippen LogP) is 6.06. The monoisotopic (exact) mass is 364 g/mol. The first-order chi connectivity index (χ1) is 13.0. The van der Waals surface area contributed by atoms with Crippen LogP contribution < -0.4 is 4.74 Å². The Morgan fingerprint density at radius 3 is 2.30 bits per heavy atom. The van der Waals surface area contributed by atoms with Crippen molar-refractivity contribution in [2.45, 2.75) is 40.0 Å². The number of aryl methyl sites for hydroxylation is 1. The third kappa shape index (κ3) is 4.19. The highest BCUT2D eigenvalue weighted by molar-refractivity contribution is 5.99. The number of hydrogen-bond acceptors (Lipinski definition) is 2. The van der Waals surface area contributed by atoms with E-state index in [1.54, 1.807) is 19.9 Å². The second-order valence-corrected chi connectivity index (χ2v) is 6.85. The van der Waals surface area contributed by atoms with Gasteiger partial charge in [-0.1, -0.05) is 49.7 Å². The number of Topliss-reactive ketones (excluding diaryl/α,β-unsaturated/α-hetero) is 1. The van der Waals surface area contributed by atoms with Crippen molar-refractivity contribution in [1.29, 1.82) is 0 Å². The highest BCUT2D eigenvalue weighted by atomic mass is 19.1. The van der Waals surface area contributed by atoms with E-state index in [4.69, 9.17) is 4.74 Å². The number of ketones is 1. The number of halogens is 1. The maximum Gasteiger partial charge on any atom is 0.168 e. The minimum atomic E-state index is -0.454. The lowest BCUT2D eigenvalue weighted by molar-refractivity contribution is 0.0992. The Hall–Kier alpha value is -2.68. The summed E-state index contributed by atoms with van der Waals surface area (Å²) in [6.07, 6.45) is 2.44. The van der Waals surface area contributed by atoms with Crippen LogP contribution in [-0.4, -0.2) is 12.4 Å². The Balaban J connectivity index is 1.83. The number of ether oxygens (including phenoxy) is 1. The molecular formula is C24H25FO2. The first kappa shape index (κ1) is 19.1. The van der Waals surface area contributed by atoms with Crippen LogP contribution in [0.15, 0.2) is 48.5 Å². The van der Waals surface area contributed by atoms with Crippen LogP contribution in [-0.2, 0) is 12.8 Å². The molecule has 27 heavy (non-hydrogen) atoms. The minimum absolute atomic E-state index is 0.0867. The average molecular weight is 364 g/mol. The highest BCUT2D eigenvalue weighted by Gasteiger charge is 2.16. The third-order valence-electron chi connectivity index (χ3n) is 4.82. The van der Waals surface area contributed by atoms with Gasteiger partial charge in [-0.05, 0) is 59.9 Å². The summed E-state index contributed by atoms with van der Waals surface area (Å²) in [7, 11) is 0. The lowest BCUT2D eigenvalue weighted by Crippen LogP contribution is -2.08. The molecule has 0 aliphatic carbocycles. The van der Waals surface area contributed by atoms with Crippen LogP contribution in [0.2, 0.25) is 0 Å². The summed E-state index contributed by atoms with van der Waals surface area (Å²) in [6.45, 7) is 5.99. The molecule has 0 saturated heterocycles. The second kappa shape index (κ2) is 8.34. The molecule has 3 aromatic rings. The van der Waals surface area contributed by atoms with E-state index < -0.39 is 5.82 Å². The molecule has 0 bridgehead atoms. The number of hydrogen-bond donors (Lipinski definition) is 0. The van der Waals surface area contributed by atoms with Gasteiger partial charge in [0.1, 0.15) is 0 Å². The quantitative estimate of drug-likeness (QED) is 0.476. The summed E-state index contributed by atoms with van der Waals surface area (Å²) in [4.78, 5) is 12.7. The van der Waals surface area contributed by atoms with Crippen LogP contribution in [0.1, 0.15) is 47.3 Å². The van der Waals surface area contributed by atoms with Gasteiger partial charge < -0.3 is 4.74 Å². The standard InChI is InChI=1S/C24H25FO2/c1-4-6-17-7-9-20-14-18(8-10-19(20)13-17)15-22(26)21-11-12-23(27-5-2)24(25)16(21)3/h7-14H,4-6,15H2,1-3H3. The number of carbonyl (C=O) groups is 1. The van der Waals surface area contributed by atoms with E-state index in [9.17, 15) is 9.18 Å². The molecule has 0 heterocycles. The summed E-state index contributed by atoms with van der Waals surface area (Å²) < 4.78 is 19.6. The lowest BCUT2D eigenvalue weighted by Gasteiger charge is -2.11. The first-order valence-electron chi connectivity index (χ1n) is 9.50. The molecule has 0 N–H and O–H groups in total. The van der Waals surface area contributed by atoms with Gasteiger partial charge >= 0.3 is 0 Å². The molecule has 3 aromatic carbocycles. The molecular weight excluding hydrogens is 339 g/mol. The number of fused-ring (bicyclic) bond motifs is 1. The van der Waals surface area contributed by atoms with Crippen molar-refractivity contribution in [3.63, 3.8) is 0 Å². The summed E-state index contributed by atoms with van der Waals surface area (Å²) in [5, 5.41) is 2.30. The van der Waals surface area contributed by atoms with Crippen LogP contribution in [0.5, 0.6) is 5.75 Å². The van der Waals surface area contributed by atoms with Gasteiger partial charge in [-0.3, -0.25) is 4.79 Å². The van der Waals surface area contributed by atoms with Crippen molar-refractivity contribution in [1.82, 2.24) is 0 Å². The van der Waals surface area contributed by atoms with Crippen LogP contribution >= 0.6 is 0 Å². The summed E-state index contributed by atoms with van der Waals surface area (Å²) in [5.74, 6) is -0.346. The molecule has 0 aliphatic rings. The van der Waals surface area contributed by atoms with Crippen molar-refractivity contribution < 1.29 is 13.9 Å². The fourth-order valence-corrected chi connectivity index (χ4v) is 3.41. The van der Waals surface area contributed by atoms with Gasteiger partial charge in [-0.2, -0.15) is 0 Å². The molecule has 0 atom stereocenters. The molecule has 2 nitrogen and oxygen atoms in total. The third-order valence-corrected chi connectivity index (χ3v) is 4.82. The zero-order valence-electron chi connectivity index (χ0n) is 16.1. The van der Waals surface area contributed by atoms with E-state index in [-0.39, 0.29) is 18.0 Å². The molecule has 0 saturated carbocycles. The van der Waals surface area contributed by atoms with Crippen LogP contribution in [0, 0.1) is 12.7 Å². The molecule has 0 unspecified atom stereocenters. The van der Waals surface area contributed by atoms with Gasteiger partial charge in [-0.25, -0.2) is 4.39 Å². The molecule has 0 radical (unpaired) electrons. The Kier molecular flexibility index (Phi) is 5.90. The van der Waals surface area contributed by atoms with Crippen molar-refractivity contribution in [3.8, 4) is 5.75 Å². The first-order valence-corrected chi connectivity index (χ1v) is 9.50. The van der Waals surface area contributed by atoms with Gasteiger partial charge in [-0.15, -0.1) is 0 Å². The average Bonchev–Trinajstić information content (AvgIpc) is 2.66. The summed E-state index contributed by atoms with van der Waals surface area (Å²) >= 11 is 0. The molecule has 0 aliphatic heterocycles. The van der Waals surface area contributed by atoms with Crippen molar-refractivity contribution in [2.75, 3.05) is 6.61 Å². The number of carbonyl (C=O) groups excluding carboxylic acids is 1. The Morgan fingerprint density at radius 2 is 1.63 bits per heavy atom. The molecule has 0 fully saturated rings. The fourth-order valence-electron chi connectivity index (χ4n) is 3.41. The lowest BCUT2D eigenvalue weighted by atomic mass is 9.96. The van der Waals surface area contributed by atoms with Gasteiger partial charge in [0.05, 0.1) is 6.61 Å². The molecule has 3 rings (SSSR count). The van der Waals surface area contributed by atoms with Crippen molar-refractivity contribution in [2.24, 2.45) is 0 Å². The van der Waals surface area contributed by atoms with E-state index in [1.165, 1.54) is 17.0 Å². The van der Waals surface area contributed by atoms with Crippen molar-refractivity contribution in [3.05, 3.63) is 76.6 Å². The van der Waals surface area contributed by atoms with Gasteiger partial charge in [0.2, 0.25) is 0 Å². The van der Waals surface area contributed by atoms with Gasteiger partial charge in [0, 0.05) is 12.0 Å². The molecule has 3 heteroatoms. The van der Waals surface area contributed by atoms with E-state index >= 15 is 0 Å². The molecule has 0 spiro atoms. The van der Waals surface area contributed by atoms with E-state index in [2.05, 4.69) is 31.2 Å². The minimum Gasteiger partial charge on any atom is -0.491 e. The normalized spacial score (nSPS) is 11.0. The summed E-state index contributed by atoms with van der Waals surface area (Å²) in [6, 6.07) is 15.7. The fraction of sp³-hybridized carbons (Fsp3) is 0.292. The Morgan fingerprint density at radius 1 is 0.963 bits per heavy atom. The Bertz CT molecular complexity index is 976. The van der Waals surface area contributed by atoms with Crippen LogP contribution in [0.4, 0.5) is 4.39 Å². The van der Waals surface area contributed by atoms with Crippen LogP contribution in [0.25, 0.3) is 10.8 Å². The zero-order chi connectivity index (χ0) is 19.4. The smallest absolute Gasteiger partial charge is 0.168 e. The van der Waals surface area contributed by atoms with Crippen molar-refractivity contribution >= 4 is 16.6 Å².